The Labute approximate surface area is 120 Å². The molecule has 0 aromatic heterocycles. The molecule has 0 atom stereocenters. The van der Waals surface area contributed by atoms with Gasteiger partial charge in [0.05, 0.1) is 5.57 Å². The Morgan fingerprint density at radius 3 is 2.14 bits per heavy atom. The third-order valence-corrected chi connectivity index (χ3v) is 3.51. The molecule has 2 aromatic rings. The average Bonchev–Trinajstić information content (AvgIpc) is 2.84. The van der Waals surface area contributed by atoms with E-state index < -0.39 is 5.97 Å². The van der Waals surface area contributed by atoms with Crippen LogP contribution in [0.15, 0.2) is 42.5 Å². The number of carboxylic acids is 1. The smallest absolute Gasteiger partial charge is 0.336 e. The minimum Gasteiger partial charge on any atom is -0.478 e. The Bertz CT molecular complexity index is 973. The van der Waals surface area contributed by atoms with E-state index in [1.165, 1.54) is 0 Å². The predicted octanol–water partition coefficient (Wildman–Crippen LogP) is 1.15. The van der Waals surface area contributed by atoms with Gasteiger partial charge in [-0.05, 0) is 16.7 Å². The van der Waals surface area contributed by atoms with Gasteiger partial charge in [0.15, 0.2) is 0 Å². The molecular weight excluding hydrogens is 264 g/mol. The molecule has 3 rings (SSSR count). The fourth-order valence-corrected chi connectivity index (χ4v) is 2.69. The van der Waals surface area contributed by atoms with E-state index in [4.69, 9.17) is 10.5 Å². The molecule has 0 saturated heterocycles. The van der Waals surface area contributed by atoms with Gasteiger partial charge in [-0.3, -0.25) is 0 Å². The molecule has 1 aliphatic rings. The van der Waals surface area contributed by atoms with Crippen LogP contribution in [0.4, 0.5) is 0 Å². The second-order valence-electron chi connectivity index (χ2n) is 4.55. The van der Waals surface area contributed by atoms with Gasteiger partial charge in [-0.25, -0.2) is 4.79 Å². The Kier molecular flexibility index (Phi) is 2.79. The van der Waals surface area contributed by atoms with Crippen LogP contribution >= 0.6 is 0 Å². The van der Waals surface area contributed by atoms with Crippen molar-refractivity contribution < 1.29 is 9.90 Å². The van der Waals surface area contributed by atoms with Gasteiger partial charge in [-0.2, -0.15) is 10.5 Å². The number of benzene rings is 2. The fraction of sp³-hybridized carbons (Fsp3) is 0. The van der Waals surface area contributed by atoms with Crippen LogP contribution < -0.4 is 10.4 Å². The summed E-state index contributed by atoms with van der Waals surface area (Å²) in [6.45, 7) is 0. The van der Waals surface area contributed by atoms with Gasteiger partial charge < -0.3 is 5.11 Å². The van der Waals surface area contributed by atoms with Crippen molar-refractivity contribution in [1.29, 1.82) is 10.5 Å². The van der Waals surface area contributed by atoms with Gasteiger partial charge in [0.2, 0.25) is 0 Å². The highest BCUT2D eigenvalue weighted by atomic mass is 16.4. The van der Waals surface area contributed by atoms with Gasteiger partial charge in [0.25, 0.3) is 0 Å². The highest BCUT2D eigenvalue weighted by molar-refractivity contribution is 6.20. The summed E-state index contributed by atoms with van der Waals surface area (Å²) in [4.78, 5) is 11.7. The molecular formula is C17H8N2O2. The summed E-state index contributed by atoms with van der Waals surface area (Å²) in [5, 5.41) is 28.5. The summed E-state index contributed by atoms with van der Waals surface area (Å²) in [5.41, 5.74) is 2.21. The Morgan fingerprint density at radius 2 is 1.52 bits per heavy atom. The second-order valence-corrected chi connectivity index (χ2v) is 4.55. The van der Waals surface area contributed by atoms with Crippen molar-refractivity contribution in [2.24, 2.45) is 0 Å². The van der Waals surface area contributed by atoms with E-state index in [0.717, 1.165) is 11.1 Å². The van der Waals surface area contributed by atoms with Crippen LogP contribution in [0.2, 0.25) is 0 Å². The standard InChI is InChI=1S/C17H8N2O2/c18-8-10(9-19)11-6-3-7-13-12-4-1-2-5-14(12)16(15(11)13)17(20)21/h1-7H,(H,20,21). The summed E-state index contributed by atoms with van der Waals surface area (Å²) >= 11 is 0. The van der Waals surface area contributed by atoms with Gasteiger partial charge in [0, 0.05) is 10.4 Å². The zero-order chi connectivity index (χ0) is 15.0. The summed E-state index contributed by atoms with van der Waals surface area (Å²) < 4.78 is 0. The Balaban J connectivity index is 2.66. The lowest BCUT2D eigenvalue weighted by molar-refractivity contribution is -0.130. The maximum absolute atomic E-state index is 11.7. The zero-order valence-electron chi connectivity index (χ0n) is 10.8. The predicted molar refractivity (Wildman–Crippen MR) is 75.9 cm³/mol. The first kappa shape index (κ1) is 12.7. The van der Waals surface area contributed by atoms with Crippen LogP contribution in [-0.4, -0.2) is 11.1 Å². The van der Waals surface area contributed by atoms with Crippen molar-refractivity contribution in [1.82, 2.24) is 0 Å². The summed E-state index contributed by atoms with van der Waals surface area (Å²) in [5.74, 6) is -1.07. The first-order valence-corrected chi connectivity index (χ1v) is 6.20. The molecule has 0 amide bonds. The molecule has 1 aliphatic carbocycles. The largest absolute Gasteiger partial charge is 0.478 e. The van der Waals surface area contributed by atoms with Crippen molar-refractivity contribution in [3.05, 3.63) is 58.5 Å². The minimum absolute atomic E-state index is 0.0848. The Morgan fingerprint density at radius 1 is 0.905 bits per heavy atom. The van der Waals surface area contributed by atoms with E-state index in [9.17, 15) is 9.90 Å². The van der Waals surface area contributed by atoms with E-state index in [-0.39, 0.29) is 11.1 Å². The molecule has 0 saturated carbocycles. The topological polar surface area (TPSA) is 84.9 Å². The van der Waals surface area contributed by atoms with Crippen molar-refractivity contribution in [2.45, 2.75) is 0 Å². The number of nitriles is 2. The number of nitrogens with zero attached hydrogens (tertiary/aromatic N) is 2. The van der Waals surface area contributed by atoms with Gasteiger partial charge >= 0.3 is 5.97 Å². The van der Waals surface area contributed by atoms with Crippen LogP contribution in [0, 0.1) is 22.7 Å². The van der Waals surface area contributed by atoms with Gasteiger partial charge in [-0.1, -0.05) is 42.5 Å². The van der Waals surface area contributed by atoms with E-state index in [1.54, 1.807) is 30.3 Å². The molecule has 21 heavy (non-hydrogen) atoms. The number of hydrogen-bond acceptors (Lipinski definition) is 3. The number of carboxylic acid groups (broad SMARTS) is 1. The first-order chi connectivity index (χ1) is 10.2. The molecule has 4 nitrogen and oxygen atoms in total. The number of aliphatic carboxylic acids is 1. The minimum atomic E-state index is -1.07. The van der Waals surface area contributed by atoms with Gasteiger partial charge in [0.1, 0.15) is 17.7 Å². The lowest BCUT2D eigenvalue weighted by atomic mass is 10.0. The SMILES string of the molecule is N#CC(C#N)=c1cccc2c1=C(C(=O)O)c1ccccc1-2. The molecule has 0 fully saturated rings. The van der Waals surface area contributed by atoms with Crippen LogP contribution in [-0.2, 0) is 4.79 Å². The maximum atomic E-state index is 11.7. The molecule has 2 aromatic carbocycles. The van der Waals surface area contributed by atoms with Crippen LogP contribution in [0.5, 0.6) is 0 Å². The van der Waals surface area contributed by atoms with Crippen LogP contribution in [0.25, 0.3) is 22.3 Å². The molecule has 4 heteroatoms. The van der Waals surface area contributed by atoms with Crippen LogP contribution in [0.3, 0.4) is 0 Å². The average molecular weight is 272 g/mol. The lowest BCUT2D eigenvalue weighted by Crippen LogP contribution is -2.30. The maximum Gasteiger partial charge on any atom is 0.336 e. The molecule has 0 aliphatic heterocycles. The highest BCUT2D eigenvalue weighted by Crippen LogP contribution is 2.30. The molecule has 1 N–H and O–H groups in total. The molecule has 0 radical (unpaired) electrons. The zero-order valence-corrected chi connectivity index (χ0v) is 10.8. The van der Waals surface area contributed by atoms with Crippen molar-refractivity contribution >= 4 is 17.1 Å². The fourth-order valence-electron chi connectivity index (χ4n) is 2.69. The number of carbonyl (C=O) groups is 1. The Hall–Kier alpha value is -3.37. The molecule has 98 valence electrons. The van der Waals surface area contributed by atoms with E-state index in [1.807, 2.05) is 24.3 Å². The monoisotopic (exact) mass is 272 g/mol. The van der Waals surface area contributed by atoms with Crippen molar-refractivity contribution in [2.75, 3.05) is 0 Å². The molecule has 0 heterocycles. The lowest BCUT2D eigenvalue weighted by Gasteiger charge is -2.00. The summed E-state index contributed by atoms with van der Waals surface area (Å²) in [6, 6.07) is 16.0. The highest BCUT2D eigenvalue weighted by Gasteiger charge is 2.25. The molecule has 0 bridgehead atoms. The first-order valence-electron chi connectivity index (χ1n) is 6.20. The molecule has 0 spiro atoms. The number of rotatable bonds is 1. The normalized spacial score (nSPS) is 11.0. The summed E-state index contributed by atoms with van der Waals surface area (Å²) in [6.07, 6.45) is 0. The van der Waals surface area contributed by atoms with E-state index in [0.29, 0.717) is 16.0 Å². The summed E-state index contributed by atoms with van der Waals surface area (Å²) in [7, 11) is 0. The van der Waals surface area contributed by atoms with Crippen molar-refractivity contribution in [3.63, 3.8) is 0 Å². The van der Waals surface area contributed by atoms with E-state index in [2.05, 4.69) is 0 Å². The van der Waals surface area contributed by atoms with Crippen molar-refractivity contribution in [3.8, 4) is 23.3 Å². The van der Waals surface area contributed by atoms with Crippen LogP contribution in [0.1, 0.15) is 5.56 Å². The van der Waals surface area contributed by atoms with Gasteiger partial charge in [-0.15, -0.1) is 0 Å². The number of hydrogen-bond donors (Lipinski definition) is 1. The number of fused-ring (bicyclic) bond motifs is 3. The molecule has 0 unspecified atom stereocenters. The quantitative estimate of drug-likeness (QED) is 0.843. The second kappa shape index (κ2) is 4.63. The van der Waals surface area contributed by atoms with E-state index >= 15 is 0 Å². The third-order valence-electron chi connectivity index (χ3n) is 3.51. The third kappa shape index (κ3) is 1.71.